The van der Waals surface area contributed by atoms with E-state index in [1.54, 1.807) is 47.4 Å². The molecule has 3 aromatic carbocycles. The highest BCUT2D eigenvalue weighted by Crippen LogP contribution is 2.40. The van der Waals surface area contributed by atoms with E-state index in [0.717, 1.165) is 16.7 Å². The Labute approximate surface area is 212 Å². The van der Waals surface area contributed by atoms with Crippen LogP contribution in [-0.2, 0) is 11.3 Å². The Morgan fingerprint density at radius 2 is 1.70 bits per heavy atom. The SMILES string of the molecule is COC(=O)c1ccc([C@H]2c3c(oc4cc(C)c(C)cc4c3=O)C(=O)N2Cc2ccc3c(c2)OCO3)cc1. The summed E-state index contributed by atoms with van der Waals surface area (Å²) in [7, 11) is 1.31. The highest BCUT2D eigenvalue weighted by atomic mass is 16.7. The van der Waals surface area contributed by atoms with Gasteiger partial charge in [0.25, 0.3) is 5.91 Å². The maximum absolute atomic E-state index is 13.8. The number of hydrogen-bond acceptors (Lipinski definition) is 7. The molecule has 0 fully saturated rings. The largest absolute Gasteiger partial charge is 0.465 e. The molecule has 0 bridgehead atoms. The summed E-state index contributed by atoms with van der Waals surface area (Å²) in [6.07, 6.45) is 0. The van der Waals surface area contributed by atoms with Gasteiger partial charge in [-0.1, -0.05) is 18.2 Å². The van der Waals surface area contributed by atoms with Crippen LogP contribution in [0.2, 0.25) is 0 Å². The standard InChI is InChI=1S/C29H23NO7/c1-15-10-20-22(11-16(15)2)37-27-24(26(20)31)25(18-5-7-19(8-6-18)29(33)34-3)30(28(27)32)13-17-4-9-21-23(12-17)36-14-35-21/h4-12,25H,13-14H2,1-3H3/t25-/m0/s1. The fourth-order valence-corrected chi connectivity index (χ4v) is 4.94. The Morgan fingerprint density at radius 3 is 2.46 bits per heavy atom. The van der Waals surface area contributed by atoms with E-state index in [1.165, 1.54) is 7.11 Å². The number of aryl methyl sites for hydroxylation is 2. The topological polar surface area (TPSA) is 95.3 Å². The molecule has 0 radical (unpaired) electrons. The normalized spacial score (nSPS) is 15.8. The summed E-state index contributed by atoms with van der Waals surface area (Å²) in [6.45, 7) is 4.21. The Balaban J connectivity index is 1.51. The van der Waals surface area contributed by atoms with Crippen molar-refractivity contribution in [2.75, 3.05) is 13.9 Å². The maximum atomic E-state index is 13.8. The number of carbonyl (C=O) groups excluding carboxylic acids is 2. The molecule has 0 saturated heterocycles. The third-order valence-electron chi connectivity index (χ3n) is 7.02. The molecule has 1 atom stereocenters. The van der Waals surface area contributed by atoms with E-state index in [1.807, 2.05) is 26.0 Å². The first kappa shape index (κ1) is 22.8. The third kappa shape index (κ3) is 3.64. The van der Waals surface area contributed by atoms with E-state index in [9.17, 15) is 14.4 Å². The maximum Gasteiger partial charge on any atom is 0.337 e. The third-order valence-corrected chi connectivity index (χ3v) is 7.02. The van der Waals surface area contributed by atoms with Crippen molar-refractivity contribution in [3.05, 3.63) is 104 Å². The van der Waals surface area contributed by atoms with Gasteiger partial charge in [0.2, 0.25) is 12.6 Å². The van der Waals surface area contributed by atoms with Gasteiger partial charge in [-0.15, -0.1) is 0 Å². The monoisotopic (exact) mass is 497 g/mol. The van der Waals surface area contributed by atoms with Gasteiger partial charge < -0.3 is 23.5 Å². The van der Waals surface area contributed by atoms with Gasteiger partial charge in [0, 0.05) is 6.54 Å². The minimum Gasteiger partial charge on any atom is -0.465 e. The molecule has 0 unspecified atom stereocenters. The van der Waals surface area contributed by atoms with Gasteiger partial charge in [-0.2, -0.15) is 0 Å². The van der Waals surface area contributed by atoms with E-state index in [0.29, 0.717) is 33.6 Å². The zero-order valence-corrected chi connectivity index (χ0v) is 20.5. The zero-order chi connectivity index (χ0) is 25.8. The van der Waals surface area contributed by atoms with Gasteiger partial charge in [-0.05, 0) is 72.5 Å². The summed E-state index contributed by atoms with van der Waals surface area (Å²) in [4.78, 5) is 41.2. The Hall–Kier alpha value is -4.59. The molecule has 4 aromatic rings. The lowest BCUT2D eigenvalue weighted by Crippen LogP contribution is -2.29. The summed E-state index contributed by atoms with van der Waals surface area (Å²) in [5.74, 6) is 0.425. The molecule has 8 nitrogen and oxygen atoms in total. The number of benzene rings is 3. The van der Waals surface area contributed by atoms with Gasteiger partial charge >= 0.3 is 5.97 Å². The first-order valence-electron chi connectivity index (χ1n) is 11.8. The van der Waals surface area contributed by atoms with Crippen molar-refractivity contribution in [1.82, 2.24) is 4.90 Å². The minimum absolute atomic E-state index is 0.0311. The molecule has 1 amide bonds. The van der Waals surface area contributed by atoms with Crippen LogP contribution in [-0.4, -0.2) is 30.7 Å². The zero-order valence-electron chi connectivity index (χ0n) is 20.5. The van der Waals surface area contributed by atoms with Crippen molar-refractivity contribution in [3.63, 3.8) is 0 Å². The molecule has 186 valence electrons. The minimum atomic E-state index is -0.707. The van der Waals surface area contributed by atoms with E-state index in [4.69, 9.17) is 18.6 Å². The fraction of sp³-hybridized carbons (Fsp3) is 0.207. The van der Waals surface area contributed by atoms with Crippen LogP contribution in [0.4, 0.5) is 0 Å². The van der Waals surface area contributed by atoms with Crippen molar-refractivity contribution >= 4 is 22.8 Å². The highest BCUT2D eigenvalue weighted by molar-refractivity contribution is 5.99. The molecular formula is C29H23NO7. The first-order valence-corrected chi connectivity index (χ1v) is 11.8. The molecular weight excluding hydrogens is 474 g/mol. The average Bonchev–Trinajstić information content (AvgIpc) is 3.48. The second kappa shape index (κ2) is 8.51. The predicted molar refractivity (Wildman–Crippen MR) is 134 cm³/mol. The van der Waals surface area contributed by atoms with Crippen LogP contribution in [0.25, 0.3) is 11.0 Å². The van der Waals surface area contributed by atoms with Crippen LogP contribution < -0.4 is 14.9 Å². The second-order valence-corrected chi connectivity index (χ2v) is 9.24. The molecule has 0 saturated carbocycles. The molecule has 6 rings (SSSR count). The Morgan fingerprint density at radius 1 is 0.973 bits per heavy atom. The number of carbonyl (C=O) groups is 2. The summed E-state index contributed by atoms with van der Waals surface area (Å²) in [6, 6.07) is 15.1. The molecule has 37 heavy (non-hydrogen) atoms. The van der Waals surface area contributed by atoms with Gasteiger partial charge in [-0.3, -0.25) is 9.59 Å². The number of nitrogens with zero attached hydrogens (tertiary/aromatic N) is 1. The lowest BCUT2D eigenvalue weighted by atomic mass is 9.96. The Kier molecular flexibility index (Phi) is 5.26. The molecule has 0 aliphatic carbocycles. The van der Waals surface area contributed by atoms with Crippen molar-refractivity contribution in [2.45, 2.75) is 26.4 Å². The lowest BCUT2D eigenvalue weighted by molar-refractivity contribution is 0.0599. The second-order valence-electron chi connectivity index (χ2n) is 9.24. The fourth-order valence-electron chi connectivity index (χ4n) is 4.94. The van der Waals surface area contributed by atoms with Crippen LogP contribution in [0.5, 0.6) is 11.5 Å². The van der Waals surface area contributed by atoms with Crippen molar-refractivity contribution in [1.29, 1.82) is 0 Å². The predicted octanol–water partition coefficient (Wildman–Crippen LogP) is 4.67. The van der Waals surface area contributed by atoms with Crippen molar-refractivity contribution in [2.24, 2.45) is 0 Å². The number of fused-ring (bicyclic) bond motifs is 3. The summed E-state index contributed by atoms with van der Waals surface area (Å²) < 4.78 is 21.8. The number of rotatable bonds is 4. The first-order chi connectivity index (χ1) is 17.9. The number of ether oxygens (including phenoxy) is 3. The summed E-state index contributed by atoms with van der Waals surface area (Å²) in [5.41, 5.74) is 4.20. The van der Waals surface area contributed by atoms with Crippen LogP contribution in [0.1, 0.15) is 54.8 Å². The lowest BCUT2D eigenvalue weighted by Gasteiger charge is -2.25. The van der Waals surface area contributed by atoms with Gasteiger partial charge in [-0.25, -0.2) is 4.79 Å². The van der Waals surface area contributed by atoms with Gasteiger partial charge in [0.1, 0.15) is 5.58 Å². The quantitative estimate of drug-likeness (QED) is 0.378. The van der Waals surface area contributed by atoms with Crippen LogP contribution in [0, 0.1) is 13.8 Å². The molecule has 2 aliphatic rings. The Bertz CT molecular complexity index is 1650. The summed E-state index contributed by atoms with van der Waals surface area (Å²) in [5, 5.41) is 0.427. The van der Waals surface area contributed by atoms with E-state index in [-0.39, 0.29) is 36.0 Å². The number of hydrogen-bond donors (Lipinski definition) is 0. The number of methoxy groups -OCH3 is 1. The molecule has 0 N–H and O–H groups in total. The van der Waals surface area contributed by atoms with Crippen molar-refractivity contribution < 1.29 is 28.2 Å². The van der Waals surface area contributed by atoms with Gasteiger partial charge in [0.15, 0.2) is 16.9 Å². The molecule has 2 aliphatic heterocycles. The number of amides is 1. The van der Waals surface area contributed by atoms with E-state index in [2.05, 4.69) is 0 Å². The molecule has 3 heterocycles. The van der Waals surface area contributed by atoms with Gasteiger partial charge in [0.05, 0.1) is 29.7 Å². The average molecular weight is 498 g/mol. The van der Waals surface area contributed by atoms with Crippen molar-refractivity contribution in [3.8, 4) is 11.5 Å². The highest BCUT2D eigenvalue weighted by Gasteiger charge is 2.43. The van der Waals surface area contributed by atoms with E-state index >= 15 is 0 Å². The molecule has 1 aromatic heterocycles. The van der Waals surface area contributed by atoms with Crippen LogP contribution >= 0.6 is 0 Å². The smallest absolute Gasteiger partial charge is 0.337 e. The van der Waals surface area contributed by atoms with Crippen LogP contribution in [0.3, 0.4) is 0 Å². The molecule has 8 heteroatoms. The number of esters is 1. The van der Waals surface area contributed by atoms with Crippen LogP contribution in [0.15, 0.2) is 63.8 Å². The molecule has 0 spiro atoms. The van der Waals surface area contributed by atoms with E-state index < -0.39 is 12.0 Å². The summed E-state index contributed by atoms with van der Waals surface area (Å²) >= 11 is 0.